The average Bonchev–Trinajstić information content (AvgIpc) is 3.19. The highest BCUT2D eigenvalue weighted by Crippen LogP contribution is 2.19. The van der Waals surface area contributed by atoms with E-state index in [2.05, 4.69) is 23.5 Å². The fourth-order valence-corrected chi connectivity index (χ4v) is 4.31. The molecule has 4 nitrogen and oxygen atoms in total. The Hall–Kier alpha value is -2.62. The van der Waals surface area contributed by atoms with Crippen molar-refractivity contribution in [2.24, 2.45) is 0 Å². The van der Waals surface area contributed by atoms with Crippen LogP contribution >= 0.6 is 0 Å². The Morgan fingerprint density at radius 1 is 0.933 bits per heavy atom. The van der Waals surface area contributed by atoms with E-state index < -0.39 is 6.04 Å². The monoisotopic (exact) mass is 406 g/mol. The summed E-state index contributed by atoms with van der Waals surface area (Å²) < 4.78 is 0. The van der Waals surface area contributed by atoms with Crippen LogP contribution in [0, 0.1) is 20.8 Å². The first kappa shape index (κ1) is 22.1. The highest BCUT2D eigenvalue weighted by atomic mass is 16.2. The zero-order chi connectivity index (χ0) is 21.7. The number of nitrogens with zero attached hydrogens (tertiary/aromatic N) is 1. The molecule has 160 valence electrons. The third kappa shape index (κ3) is 5.94. The number of hydrogen-bond acceptors (Lipinski definition) is 2. The number of amides is 2. The molecule has 1 N–H and O–H groups in total. The van der Waals surface area contributed by atoms with Crippen molar-refractivity contribution in [3.05, 3.63) is 70.3 Å². The number of rotatable bonds is 7. The van der Waals surface area contributed by atoms with Crippen molar-refractivity contribution in [1.29, 1.82) is 0 Å². The molecule has 4 heteroatoms. The molecule has 0 spiro atoms. The number of hydrogen-bond donors (Lipinski definition) is 1. The van der Waals surface area contributed by atoms with Gasteiger partial charge in [-0.2, -0.15) is 0 Å². The van der Waals surface area contributed by atoms with E-state index in [0.29, 0.717) is 13.0 Å². The van der Waals surface area contributed by atoms with E-state index in [4.69, 9.17) is 0 Å². The first-order chi connectivity index (χ1) is 14.3. The molecule has 0 heterocycles. The third-order valence-corrected chi connectivity index (χ3v) is 5.98. The molecule has 0 radical (unpaired) electrons. The van der Waals surface area contributed by atoms with Gasteiger partial charge >= 0.3 is 0 Å². The van der Waals surface area contributed by atoms with E-state index in [1.165, 1.54) is 5.56 Å². The van der Waals surface area contributed by atoms with Gasteiger partial charge in [0.2, 0.25) is 11.8 Å². The summed E-state index contributed by atoms with van der Waals surface area (Å²) in [6.45, 7) is 8.41. The van der Waals surface area contributed by atoms with Crippen LogP contribution in [0.15, 0.2) is 42.5 Å². The molecule has 3 rings (SSSR count). The second-order valence-electron chi connectivity index (χ2n) is 8.85. The van der Waals surface area contributed by atoms with E-state index in [1.807, 2.05) is 52.0 Å². The molecule has 2 aromatic carbocycles. The fourth-order valence-electron chi connectivity index (χ4n) is 4.31. The third-order valence-electron chi connectivity index (χ3n) is 5.98. The van der Waals surface area contributed by atoms with Gasteiger partial charge in [-0.25, -0.2) is 0 Å². The molecule has 1 atom stereocenters. The van der Waals surface area contributed by atoms with Gasteiger partial charge in [0.1, 0.15) is 6.04 Å². The zero-order valence-corrected chi connectivity index (χ0v) is 18.7. The van der Waals surface area contributed by atoms with Crippen molar-refractivity contribution >= 4 is 11.8 Å². The summed E-state index contributed by atoms with van der Waals surface area (Å²) in [7, 11) is 0. The lowest BCUT2D eigenvalue weighted by molar-refractivity contribution is -0.140. The molecule has 0 unspecified atom stereocenters. The summed E-state index contributed by atoms with van der Waals surface area (Å²) in [6, 6.07) is 14.1. The van der Waals surface area contributed by atoms with E-state index in [0.717, 1.165) is 47.9 Å². The molecule has 0 aliphatic heterocycles. The summed E-state index contributed by atoms with van der Waals surface area (Å²) in [5, 5.41) is 3.16. The largest absolute Gasteiger partial charge is 0.352 e. The summed E-state index contributed by atoms with van der Waals surface area (Å²) in [5.41, 5.74) is 5.51. The first-order valence-corrected chi connectivity index (χ1v) is 11.0. The van der Waals surface area contributed by atoms with Crippen molar-refractivity contribution in [2.45, 2.75) is 78.4 Å². The molecule has 2 aromatic rings. The van der Waals surface area contributed by atoms with Gasteiger partial charge < -0.3 is 10.2 Å². The molecule has 1 saturated carbocycles. The molecule has 30 heavy (non-hydrogen) atoms. The van der Waals surface area contributed by atoms with Gasteiger partial charge in [-0.1, -0.05) is 72.0 Å². The van der Waals surface area contributed by atoms with Gasteiger partial charge in [-0.3, -0.25) is 9.59 Å². The van der Waals surface area contributed by atoms with E-state index in [1.54, 1.807) is 4.90 Å². The minimum atomic E-state index is -0.509. The predicted molar refractivity (Wildman–Crippen MR) is 121 cm³/mol. The summed E-state index contributed by atoms with van der Waals surface area (Å²) >= 11 is 0. The number of nitrogens with one attached hydrogen (secondary N) is 1. The summed E-state index contributed by atoms with van der Waals surface area (Å²) in [6.07, 6.45) is 4.70. The van der Waals surface area contributed by atoms with E-state index >= 15 is 0 Å². The SMILES string of the molecule is Cc1ccc(CN(C(=O)Cc2cc(C)cc(C)c2)[C@@H](C)C(=O)NC2CCCC2)cc1. The number of benzene rings is 2. The quantitative estimate of drug-likeness (QED) is 0.729. The van der Waals surface area contributed by atoms with Gasteiger partial charge in [-0.15, -0.1) is 0 Å². The minimum Gasteiger partial charge on any atom is -0.352 e. The molecule has 0 bridgehead atoms. The van der Waals surface area contributed by atoms with Gasteiger partial charge in [-0.05, 0) is 51.7 Å². The lowest BCUT2D eigenvalue weighted by atomic mass is 10.0. The Bertz CT molecular complexity index is 862. The van der Waals surface area contributed by atoms with Crippen molar-refractivity contribution in [3.8, 4) is 0 Å². The summed E-state index contributed by atoms with van der Waals surface area (Å²) in [5.74, 6) is -0.0718. The normalized spacial score (nSPS) is 15.1. The van der Waals surface area contributed by atoms with Crippen LogP contribution in [-0.4, -0.2) is 28.8 Å². The Balaban J connectivity index is 1.78. The Morgan fingerprint density at radius 2 is 1.53 bits per heavy atom. The topological polar surface area (TPSA) is 49.4 Å². The highest BCUT2D eigenvalue weighted by Gasteiger charge is 2.28. The average molecular weight is 407 g/mol. The van der Waals surface area contributed by atoms with Crippen LogP contribution in [0.1, 0.15) is 60.4 Å². The highest BCUT2D eigenvalue weighted by molar-refractivity contribution is 5.88. The molecular formula is C26H34N2O2. The number of carbonyl (C=O) groups is 2. The second kappa shape index (κ2) is 9.92. The molecule has 1 fully saturated rings. The molecule has 0 aromatic heterocycles. The predicted octanol–water partition coefficient (Wildman–Crippen LogP) is 4.63. The second-order valence-corrected chi connectivity index (χ2v) is 8.85. The van der Waals surface area contributed by atoms with Crippen LogP contribution in [0.3, 0.4) is 0 Å². The van der Waals surface area contributed by atoms with Crippen LogP contribution < -0.4 is 5.32 Å². The maximum absolute atomic E-state index is 13.3. The van der Waals surface area contributed by atoms with Crippen LogP contribution in [-0.2, 0) is 22.6 Å². The standard InChI is InChI=1S/C26H34N2O2/c1-18-9-11-22(12-10-18)17-28(21(4)26(30)27-24-7-5-6-8-24)25(29)16-23-14-19(2)13-20(3)15-23/h9-15,21,24H,5-8,16-17H2,1-4H3,(H,27,30)/t21-/m0/s1. The maximum Gasteiger partial charge on any atom is 0.242 e. The first-order valence-electron chi connectivity index (χ1n) is 11.0. The van der Waals surface area contributed by atoms with Gasteiger partial charge in [0.05, 0.1) is 6.42 Å². The van der Waals surface area contributed by atoms with Crippen molar-refractivity contribution < 1.29 is 9.59 Å². The lowest BCUT2D eigenvalue weighted by Crippen LogP contribution is -2.50. The molecule has 1 aliphatic carbocycles. The number of aryl methyl sites for hydroxylation is 3. The van der Waals surface area contributed by atoms with Crippen LogP contribution in [0.2, 0.25) is 0 Å². The van der Waals surface area contributed by atoms with Gasteiger partial charge in [0, 0.05) is 12.6 Å². The van der Waals surface area contributed by atoms with Crippen molar-refractivity contribution in [2.75, 3.05) is 0 Å². The molecule has 2 amide bonds. The van der Waals surface area contributed by atoms with Crippen LogP contribution in [0.5, 0.6) is 0 Å². The summed E-state index contributed by atoms with van der Waals surface area (Å²) in [4.78, 5) is 28.0. The molecule has 1 aliphatic rings. The van der Waals surface area contributed by atoms with Crippen LogP contribution in [0.4, 0.5) is 0 Å². The van der Waals surface area contributed by atoms with Crippen molar-refractivity contribution in [3.63, 3.8) is 0 Å². The molecule has 0 saturated heterocycles. The lowest BCUT2D eigenvalue weighted by Gasteiger charge is -2.30. The Labute approximate surface area is 180 Å². The Morgan fingerprint density at radius 3 is 2.13 bits per heavy atom. The van der Waals surface area contributed by atoms with Crippen molar-refractivity contribution in [1.82, 2.24) is 10.2 Å². The maximum atomic E-state index is 13.3. The minimum absolute atomic E-state index is 0.0188. The molecular weight excluding hydrogens is 372 g/mol. The number of carbonyl (C=O) groups excluding carboxylic acids is 2. The van der Waals surface area contributed by atoms with Crippen LogP contribution in [0.25, 0.3) is 0 Å². The fraction of sp³-hybridized carbons (Fsp3) is 0.462. The van der Waals surface area contributed by atoms with Gasteiger partial charge in [0.25, 0.3) is 0 Å². The van der Waals surface area contributed by atoms with Gasteiger partial charge in [0.15, 0.2) is 0 Å². The zero-order valence-electron chi connectivity index (χ0n) is 18.7. The Kier molecular flexibility index (Phi) is 7.30. The van der Waals surface area contributed by atoms with E-state index in [9.17, 15) is 9.59 Å². The van der Waals surface area contributed by atoms with E-state index in [-0.39, 0.29) is 17.9 Å². The smallest absolute Gasteiger partial charge is 0.242 e.